The number of anilines is 1. The van der Waals surface area contributed by atoms with E-state index in [1.165, 1.54) is 4.90 Å². The molecule has 2 aliphatic heterocycles. The number of hydrogen-bond donors (Lipinski definition) is 1. The summed E-state index contributed by atoms with van der Waals surface area (Å²) in [5, 5.41) is 2.25. The van der Waals surface area contributed by atoms with E-state index in [0.29, 0.717) is 0 Å². The molecule has 1 spiro atoms. The van der Waals surface area contributed by atoms with E-state index in [0.717, 1.165) is 11.3 Å². The van der Waals surface area contributed by atoms with E-state index in [9.17, 15) is 14.4 Å². The van der Waals surface area contributed by atoms with Gasteiger partial charge in [0.05, 0.1) is 5.41 Å². The summed E-state index contributed by atoms with van der Waals surface area (Å²) in [6.07, 6.45) is 0.0812. The lowest BCUT2D eigenvalue weighted by Crippen LogP contribution is -2.51. The third-order valence-corrected chi connectivity index (χ3v) is 3.70. The summed E-state index contributed by atoms with van der Waals surface area (Å²) >= 11 is 0. The van der Waals surface area contributed by atoms with Gasteiger partial charge in [0.2, 0.25) is 17.7 Å². The van der Waals surface area contributed by atoms with Crippen LogP contribution in [-0.2, 0) is 19.8 Å². The second kappa shape index (κ2) is 3.41. The number of hydrogen-bond acceptors (Lipinski definition) is 3. The van der Waals surface area contributed by atoms with E-state index in [2.05, 4.69) is 5.32 Å². The highest BCUT2D eigenvalue weighted by atomic mass is 16.2. The Balaban J connectivity index is 2.20. The minimum absolute atomic E-state index is 0.0406. The fourth-order valence-corrected chi connectivity index (χ4v) is 2.91. The van der Waals surface area contributed by atoms with Gasteiger partial charge in [-0.2, -0.15) is 0 Å². The molecule has 3 rings (SSSR count). The van der Waals surface area contributed by atoms with Crippen LogP contribution >= 0.6 is 0 Å². The number of carbonyl (C=O) groups excluding carboxylic acids is 3. The summed E-state index contributed by atoms with van der Waals surface area (Å²) in [5.41, 5.74) is 0.566. The summed E-state index contributed by atoms with van der Waals surface area (Å²) in [5.74, 6) is -0.943. The Hall–Kier alpha value is -2.17. The van der Waals surface area contributed by atoms with Crippen LogP contribution in [0.3, 0.4) is 0 Å². The van der Waals surface area contributed by atoms with E-state index in [-0.39, 0.29) is 30.6 Å². The second-order valence-electron chi connectivity index (χ2n) is 4.79. The molecule has 18 heavy (non-hydrogen) atoms. The first-order valence-electron chi connectivity index (χ1n) is 5.75. The van der Waals surface area contributed by atoms with Gasteiger partial charge in [-0.25, -0.2) is 0 Å². The molecular formula is C13H12N2O3. The Morgan fingerprint density at radius 1 is 1.11 bits per heavy atom. The zero-order chi connectivity index (χ0) is 12.9. The minimum atomic E-state index is -0.995. The van der Waals surface area contributed by atoms with Crippen LogP contribution in [0.2, 0.25) is 0 Å². The number of para-hydroxylation sites is 1. The van der Waals surface area contributed by atoms with Gasteiger partial charge in [0.25, 0.3) is 0 Å². The number of nitrogens with zero attached hydrogens (tertiary/aromatic N) is 1. The van der Waals surface area contributed by atoms with E-state index in [1.807, 2.05) is 24.3 Å². The Labute approximate surface area is 104 Å². The first-order valence-corrected chi connectivity index (χ1v) is 5.75. The summed E-state index contributed by atoms with van der Waals surface area (Å²) in [6, 6.07) is 7.32. The van der Waals surface area contributed by atoms with Crippen molar-refractivity contribution in [1.82, 2.24) is 5.32 Å². The number of carbonyl (C=O) groups is 3. The molecule has 0 radical (unpaired) electrons. The molecular weight excluding hydrogens is 232 g/mol. The lowest BCUT2D eigenvalue weighted by atomic mass is 9.73. The van der Waals surface area contributed by atoms with Crippen LogP contribution in [0.4, 0.5) is 5.69 Å². The molecule has 3 amide bonds. The molecule has 2 aliphatic rings. The van der Waals surface area contributed by atoms with Gasteiger partial charge in [0, 0.05) is 25.6 Å². The number of fused-ring (bicyclic) bond motifs is 2. The van der Waals surface area contributed by atoms with Gasteiger partial charge in [-0.15, -0.1) is 0 Å². The average Bonchev–Trinajstić information content (AvgIpc) is 2.52. The van der Waals surface area contributed by atoms with Crippen molar-refractivity contribution in [2.75, 3.05) is 11.9 Å². The van der Waals surface area contributed by atoms with Crippen molar-refractivity contribution in [3.8, 4) is 0 Å². The lowest BCUT2D eigenvalue weighted by molar-refractivity contribution is -0.140. The third kappa shape index (κ3) is 1.24. The number of nitrogens with one attached hydrogen (secondary N) is 1. The van der Waals surface area contributed by atoms with Crippen LogP contribution in [0.1, 0.15) is 18.4 Å². The van der Waals surface area contributed by atoms with E-state index in [1.54, 1.807) is 7.05 Å². The molecule has 92 valence electrons. The molecule has 1 aromatic carbocycles. The molecule has 5 nitrogen and oxygen atoms in total. The molecule has 1 saturated heterocycles. The predicted molar refractivity (Wildman–Crippen MR) is 63.9 cm³/mol. The third-order valence-electron chi connectivity index (χ3n) is 3.70. The number of imide groups is 1. The van der Waals surface area contributed by atoms with E-state index in [4.69, 9.17) is 0 Å². The first kappa shape index (κ1) is 11.0. The molecule has 1 N–H and O–H groups in total. The Morgan fingerprint density at radius 2 is 1.72 bits per heavy atom. The van der Waals surface area contributed by atoms with Crippen LogP contribution < -0.4 is 10.2 Å². The van der Waals surface area contributed by atoms with Gasteiger partial charge in [-0.3, -0.25) is 19.7 Å². The normalized spacial score (nSPS) is 21.2. The highest BCUT2D eigenvalue weighted by Crippen LogP contribution is 2.46. The van der Waals surface area contributed by atoms with Crippen molar-refractivity contribution in [2.45, 2.75) is 18.3 Å². The van der Waals surface area contributed by atoms with Crippen molar-refractivity contribution in [3.05, 3.63) is 29.8 Å². The monoisotopic (exact) mass is 244 g/mol. The average molecular weight is 244 g/mol. The van der Waals surface area contributed by atoms with E-state index >= 15 is 0 Å². The number of amides is 3. The van der Waals surface area contributed by atoms with Crippen molar-refractivity contribution in [3.63, 3.8) is 0 Å². The first-order chi connectivity index (χ1) is 8.54. The van der Waals surface area contributed by atoms with Gasteiger partial charge < -0.3 is 4.90 Å². The molecule has 0 atom stereocenters. The second-order valence-corrected chi connectivity index (χ2v) is 4.79. The summed E-state index contributed by atoms with van der Waals surface area (Å²) in [7, 11) is 1.67. The predicted octanol–water partition coefficient (Wildman–Crippen LogP) is 0.337. The molecule has 1 fully saturated rings. The molecule has 5 heteroatoms. The maximum absolute atomic E-state index is 12.4. The quantitative estimate of drug-likeness (QED) is 0.669. The fraction of sp³-hybridized carbons (Fsp3) is 0.308. The SMILES string of the molecule is CN1C(=O)C2(CC(=O)NC(=O)C2)c2ccccc21. The molecule has 0 bridgehead atoms. The molecule has 0 aliphatic carbocycles. The standard InChI is InChI=1S/C13H12N2O3/c1-15-9-5-3-2-4-8(9)13(12(15)18)6-10(16)14-11(17)7-13/h2-5H,6-7H2,1H3,(H,14,16,17). The van der Waals surface area contributed by atoms with Crippen molar-refractivity contribution in [2.24, 2.45) is 0 Å². The van der Waals surface area contributed by atoms with Crippen LogP contribution in [0, 0.1) is 0 Å². The number of benzene rings is 1. The summed E-state index contributed by atoms with van der Waals surface area (Å²) in [6.45, 7) is 0. The zero-order valence-corrected chi connectivity index (χ0v) is 9.90. The summed E-state index contributed by atoms with van der Waals surface area (Å²) < 4.78 is 0. The Morgan fingerprint density at radius 3 is 2.39 bits per heavy atom. The van der Waals surface area contributed by atoms with Crippen molar-refractivity contribution >= 4 is 23.4 Å². The van der Waals surface area contributed by atoms with Gasteiger partial charge in [0.15, 0.2) is 0 Å². The number of piperidine rings is 1. The van der Waals surface area contributed by atoms with Crippen LogP contribution in [0.25, 0.3) is 0 Å². The highest BCUT2D eigenvalue weighted by molar-refractivity contribution is 6.15. The van der Waals surface area contributed by atoms with Crippen LogP contribution in [0.15, 0.2) is 24.3 Å². The lowest BCUT2D eigenvalue weighted by Gasteiger charge is -2.30. The number of likely N-dealkylation sites (N-methyl/N-ethyl adjacent to an activating group) is 1. The van der Waals surface area contributed by atoms with Crippen molar-refractivity contribution < 1.29 is 14.4 Å². The van der Waals surface area contributed by atoms with E-state index < -0.39 is 5.41 Å². The molecule has 1 aromatic rings. The zero-order valence-electron chi connectivity index (χ0n) is 9.90. The molecule has 2 heterocycles. The van der Waals surface area contributed by atoms with Gasteiger partial charge >= 0.3 is 0 Å². The largest absolute Gasteiger partial charge is 0.314 e. The Kier molecular flexibility index (Phi) is 2.08. The fourth-order valence-electron chi connectivity index (χ4n) is 2.91. The molecule has 0 aromatic heterocycles. The minimum Gasteiger partial charge on any atom is -0.314 e. The van der Waals surface area contributed by atoms with Gasteiger partial charge in [-0.1, -0.05) is 18.2 Å². The maximum atomic E-state index is 12.4. The van der Waals surface area contributed by atoms with Crippen LogP contribution in [0.5, 0.6) is 0 Å². The maximum Gasteiger partial charge on any atom is 0.238 e. The molecule has 0 saturated carbocycles. The Bertz CT molecular complexity index is 563. The van der Waals surface area contributed by atoms with Gasteiger partial charge in [-0.05, 0) is 11.6 Å². The topological polar surface area (TPSA) is 66.5 Å². The van der Waals surface area contributed by atoms with Gasteiger partial charge in [0.1, 0.15) is 0 Å². The van der Waals surface area contributed by atoms with Crippen LogP contribution in [-0.4, -0.2) is 24.8 Å². The number of rotatable bonds is 0. The smallest absolute Gasteiger partial charge is 0.238 e. The van der Waals surface area contributed by atoms with Crippen molar-refractivity contribution in [1.29, 1.82) is 0 Å². The molecule has 0 unspecified atom stereocenters. The summed E-state index contributed by atoms with van der Waals surface area (Å²) in [4.78, 5) is 37.1. The highest BCUT2D eigenvalue weighted by Gasteiger charge is 2.54.